The first kappa shape index (κ1) is 16.7. The van der Waals surface area contributed by atoms with Crippen LogP contribution in [0, 0.1) is 11.7 Å². The van der Waals surface area contributed by atoms with Crippen molar-refractivity contribution in [3.05, 3.63) is 71.5 Å². The standard InChI is InChI=1S/C20H22FNO2/c1-22(19(11-12-23)14-7-3-2-4-8-14)20(24)17-13-16(17)15-9-5-6-10-18(15)21/h2-10,16-17,19,23H,11-13H2,1H3. The molecule has 0 bridgehead atoms. The Morgan fingerprint density at radius 3 is 2.54 bits per heavy atom. The average molecular weight is 327 g/mol. The third-order valence-corrected chi connectivity index (χ3v) is 4.81. The van der Waals surface area contributed by atoms with E-state index in [1.165, 1.54) is 6.07 Å². The molecule has 0 heterocycles. The molecular weight excluding hydrogens is 305 g/mol. The Bertz CT molecular complexity index is 704. The Balaban J connectivity index is 1.74. The number of rotatable bonds is 6. The van der Waals surface area contributed by atoms with Gasteiger partial charge in [-0.2, -0.15) is 0 Å². The van der Waals surface area contributed by atoms with Crippen LogP contribution in [-0.4, -0.2) is 29.6 Å². The third-order valence-electron chi connectivity index (χ3n) is 4.81. The van der Waals surface area contributed by atoms with Crippen LogP contribution in [0.5, 0.6) is 0 Å². The molecule has 0 radical (unpaired) electrons. The highest BCUT2D eigenvalue weighted by Crippen LogP contribution is 2.49. The van der Waals surface area contributed by atoms with Crippen LogP contribution in [-0.2, 0) is 4.79 Å². The van der Waals surface area contributed by atoms with Crippen molar-refractivity contribution in [3.8, 4) is 0 Å². The summed E-state index contributed by atoms with van der Waals surface area (Å²) in [5.74, 6) is -0.426. The zero-order valence-corrected chi connectivity index (χ0v) is 13.7. The summed E-state index contributed by atoms with van der Waals surface area (Å²) in [5.41, 5.74) is 1.63. The molecule has 0 aromatic heterocycles. The second-order valence-corrected chi connectivity index (χ2v) is 6.36. The van der Waals surface area contributed by atoms with E-state index in [1.54, 1.807) is 30.1 Å². The lowest BCUT2D eigenvalue weighted by atomic mass is 10.0. The van der Waals surface area contributed by atoms with Crippen LogP contribution in [0.15, 0.2) is 54.6 Å². The number of aliphatic hydroxyl groups excluding tert-OH is 1. The maximum atomic E-state index is 13.9. The molecule has 2 aromatic carbocycles. The lowest BCUT2D eigenvalue weighted by molar-refractivity contribution is -0.133. The number of carbonyl (C=O) groups excluding carboxylic acids is 1. The first-order valence-electron chi connectivity index (χ1n) is 8.30. The van der Waals surface area contributed by atoms with Crippen LogP contribution >= 0.6 is 0 Å². The summed E-state index contributed by atoms with van der Waals surface area (Å²) >= 11 is 0. The fourth-order valence-corrected chi connectivity index (χ4v) is 3.38. The van der Waals surface area contributed by atoms with Gasteiger partial charge in [0.2, 0.25) is 5.91 Å². The molecule has 24 heavy (non-hydrogen) atoms. The summed E-state index contributed by atoms with van der Waals surface area (Å²) in [6, 6.07) is 16.2. The van der Waals surface area contributed by atoms with E-state index in [2.05, 4.69) is 0 Å². The third kappa shape index (κ3) is 3.34. The summed E-state index contributed by atoms with van der Waals surface area (Å²) in [4.78, 5) is 14.5. The van der Waals surface area contributed by atoms with Gasteiger partial charge in [-0.05, 0) is 36.0 Å². The van der Waals surface area contributed by atoms with Gasteiger partial charge in [0, 0.05) is 19.6 Å². The first-order valence-corrected chi connectivity index (χ1v) is 8.30. The van der Waals surface area contributed by atoms with E-state index in [9.17, 15) is 14.3 Å². The van der Waals surface area contributed by atoms with Crippen molar-refractivity contribution in [3.63, 3.8) is 0 Å². The van der Waals surface area contributed by atoms with Crippen LogP contribution in [0.2, 0.25) is 0 Å². The quantitative estimate of drug-likeness (QED) is 0.882. The molecule has 1 aliphatic rings. The molecule has 0 saturated heterocycles. The molecule has 126 valence electrons. The largest absolute Gasteiger partial charge is 0.396 e. The highest BCUT2D eigenvalue weighted by molar-refractivity contribution is 5.83. The minimum Gasteiger partial charge on any atom is -0.396 e. The van der Waals surface area contributed by atoms with E-state index in [0.29, 0.717) is 18.4 Å². The van der Waals surface area contributed by atoms with Crippen LogP contribution in [0.25, 0.3) is 0 Å². The van der Waals surface area contributed by atoms with E-state index < -0.39 is 0 Å². The first-order chi connectivity index (χ1) is 11.6. The van der Waals surface area contributed by atoms with Gasteiger partial charge in [-0.15, -0.1) is 0 Å². The maximum absolute atomic E-state index is 13.9. The second kappa shape index (κ2) is 7.14. The Kier molecular flexibility index (Phi) is 4.95. The molecule has 3 rings (SSSR count). The molecule has 1 fully saturated rings. The van der Waals surface area contributed by atoms with E-state index in [-0.39, 0.29) is 36.2 Å². The maximum Gasteiger partial charge on any atom is 0.226 e. The van der Waals surface area contributed by atoms with E-state index >= 15 is 0 Å². The smallest absolute Gasteiger partial charge is 0.226 e. The molecule has 3 unspecified atom stereocenters. The molecule has 1 saturated carbocycles. The number of hydrogen-bond donors (Lipinski definition) is 1. The minimum absolute atomic E-state index is 0.0125. The van der Waals surface area contributed by atoms with Gasteiger partial charge in [0.25, 0.3) is 0 Å². The van der Waals surface area contributed by atoms with Crippen molar-refractivity contribution < 1.29 is 14.3 Å². The molecule has 0 spiro atoms. The number of amides is 1. The minimum atomic E-state index is -0.240. The number of hydrogen-bond acceptors (Lipinski definition) is 2. The van der Waals surface area contributed by atoms with Crippen LogP contribution < -0.4 is 0 Å². The Morgan fingerprint density at radius 1 is 1.21 bits per heavy atom. The van der Waals surface area contributed by atoms with E-state index in [1.807, 2.05) is 30.3 Å². The van der Waals surface area contributed by atoms with Crippen molar-refractivity contribution in [1.29, 1.82) is 0 Å². The predicted octanol–water partition coefficient (Wildman–Crippen LogP) is 3.51. The van der Waals surface area contributed by atoms with Crippen molar-refractivity contribution in [2.75, 3.05) is 13.7 Å². The topological polar surface area (TPSA) is 40.5 Å². The van der Waals surface area contributed by atoms with E-state index in [0.717, 1.165) is 5.56 Å². The van der Waals surface area contributed by atoms with Crippen molar-refractivity contribution in [2.24, 2.45) is 5.92 Å². The summed E-state index contributed by atoms with van der Waals surface area (Å²) < 4.78 is 13.9. The highest BCUT2D eigenvalue weighted by atomic mass is 19.1. The predicted molar refractivity (Wildman–Crippen MR) is 90.9 cm³/mol. The Morgan fingerprint density at radius 2 is 1.88 bits per heavy atom. The zero-order chi connectivity index (χ0) is 17.1. The van der Waals surface area contributed by atoms with Crippen molar-refractivity contribution >= 4 is 5.91 Å². The fraction of sp³-hybridized carbons (Fsp3) is 0.350. The monoisotopic (exact) mass is 327 g/mol. The van der Waals surface area contributed by atoms with Gasteiger partial charge >= 0.3 is 0 Å². The molecule has 1 aliphatic carbocycles. The SMILES string of the molecule is CN(C(=O)C1CC1c1ccccc1F)C(CCO)c1ccccc1. The molecule has 1 N–H and O–H groups in total. The zero-order valence-electron chi connectivity index (χ0n) is 13.7. The van der Waals surface area contributed by atoms with Gasteiger partial charge in [-0.3, -0.25) is 4.79 Å². The van der Waals surface area contributed by atoms with Gasteiger partial charge in [0.05, 0.1) is 6.04 Å². The van der Waals surface area contributed by atoms with Crippen molar-refractivity contribution in [1.82, 2.24) is 4.90 Å². The summed E-state index contributed by atoms with van der Waals surface area (Å²) in [6.07, 6.45) is 1.17. The molecule has 2 aromatic rings. The molecule has 0 aliphatic heterocycles. The number of aliphatic hydroxyl groups is 1. The van der Waals surface area contributed by atoms with Gasteiger partial charge in [0.1, 0.15) is 5.82 Å². The van der Waals surface area contributed by atoms with Crippen LogP contribution in [0.1, 0.15) is 35.9 Å². The molecular formula is C20H22FNO2. The highest BCUT2D eigenvalue weighted by Gasteiger charge is 2.47. The van der Waals surface area contributed by atoms with Gasteiger partial charge in [-0.1, -0.05) is 48.5 Å². The van der Waals surface area contributed by atoms with Crippen LogP contribution in [0.4, 0.5) is 4.39 Å². The van der Waals surface area contributed by atoms with E-state index in [4.69, 9.17) is 0 Å². The number of halogens is 1. The van der Waals surface area contributed by atoms with Crippen molar-refractivity contribution in [2.45, 2.75) is 24.8 Å². The molecule has 3 atom stereocenters. The Labute approximate surface area is 141 Å². The summed E-state index contributed by atoms with van der Waals surface area (Å²) in [6.45, 7) is 0.0125. The number of benzene rings is 2. The molecule has 4 heteroatoms. The lowest BCUT2D eigenvalue weighted by Crippen LogP contribution is -2.33. The summed E-state index contributed by atoms with van der Waals surface area (Å²) in [7, 11) is 1.77. The van der Waals surface area contributed by atoms with Gasteiger partial charge in [0.15, 0.2) is 0 Å². The lowest BCUT2D eigenvalue weighted by Gasteiger charge is -2.28. The second-order valence-electron chi connectivity index (χ2n) is 6.36. The van der Waals surface area contributed by atoms with Gasteiger partial charge < -0.3 is 10.0 Å². The fourth-order valence-electron chi connectivity index (χ4n) is 3.38. The normalized spacial score (nSPS) is 20.5. The average Bonchev–Trinajstić information content (AvgIpc) is 3.40. The van der Waals surface area contributed by atoms with Crippen LogP contribution in [0.3, 0.4) is 0 Å². The number of nitrogens with zero attached hydrogens (tertiary/aromatic N) is 1. The van der Waals surface area contributed by atoms with Gasteiger partial charge in [-0.25, -0.2) is 4.39 Å². The Hall–Kier alpha value is -2.20. The molecule has 1 amide bonds. The summed E-state index contributed by atoms with van der Waals surface area (Å²) in [5, 5.41) is 9.36. The molecule has 3 nitrogen and oxygen atoms in total. The number of carbonyl (C=O) groups is 1.